The average molecular weight is 410 g/mol. The van der Waals surface area contributed by atoms with Crippen LogP contribution in [0.25, 0.3) is 5.69 Å². The Labute approximate surface area is 171 Å². The Balaban J connectivity index is 1.61. The Morgan fingerprint density at radius 1 is 1.24 bits per heavy atom. The van der Waals surface area contributed by atoms with Crippen LogP contribution in [0.5, 0.6) is 0 Å². The van der Waals surface area contributed by atoms with Gasteiger partial charge in [0.2, 0.25) is 0 Å². The van der Waals surface area contributed by atoms with Crippen LogP contribution >= 0.6 is 11.8 Å². The van der Waals surface area contributed by atoms with E-state index in [1.54, 1.807) is 35.0 Å². The van der Waals surface area contributed by atoms with Gasteiger partial charge in [-0.2, -0.15) is 5.10 Å². The van der Waals surface area contributed by atoms with E-state index in [-0.39, 0.29) is 17.3 Å². The molecular formula is C19H18N6O3S. The number of nitro groups is 1. The van der Waals surface area contributed by atoms with Crippen LogP contribution in [-0.2, 0) is 4.79 Å². The Bertz CT molecular complexity index is 1060. The van der Waals surface area contributed by atoms with Gasteiger partial charge in [0.15, 0.2) is 5.16 Å². The van der Waals surface area contributed by atoms with E-state index in [0.29, 0.717) is 16.5 Å². The van der Waals surface area contributed by atoms with Crippen molar-refractivity contribution < 1.29 is 9.72 Å². The van der Waals surface area contributed by atoms with Crippen molar-refractivity contribution in [3.8, 4) is 5.69 Å². The third-order valence-electron chi connectivity index (χ3n) is 3.78. The minimum atomic E-state index is -0.446. The second-order valence-electron chi connectivity index (χ2n) is 6.10. The van der Waals surface area contributed by atoms with Crippen LogP contribution < -0.4 is 5.43 Å². The van der Waals surface area contributed by atoms with Gasteiger partial charge in [0.1, 0.15) is 0 Å². The molecule has 0 unspecified atom stereocenters. The maximum absolute atomic E-state index is 12.0. The first kappa shape index (κ1) is 20.2. The van der Waals surface area contributed by atoms with E-state index in [0.717, 1.165) is 11.4 Å². The van der Waals surface area contributed by atoms with Gasteiger partial charge in [-0.05, 0) is 38.1 Å². The van der Waals surface area contributed by atoms with Crippen LogP contribution in [0.15, 0.2) is 58.9 Å². The molecule has 29 heavy (non-hydrogen) atoms. The van der Waals surface area contributed by atoms with Gasteiger partial charge >= 0.3 is 0 Å². The minimum Gasteiger partial charge on any atom is -0.315 e. The van der Waals surface area contributed by atoms with Crippen LogP contribution in [-0.4, -0.2) is 37.3 Å². The van der Waals surface area contributed by atoms with E-state index >= 15 is 0 Å². The minimum absolute atomic E-state index is 0.00183. The van der Waals surface area contributed by atoms with E-state index in [1.165, 1.54) is 30.1 Å². The normalized spacial score (nSPS) is 11.0. The summed E-state index contributed by atoms with van der Waals surface area (Å²) < 4.78 is 1.74. The summed E-state index contributed by atoms with van der Waals surface area (Å²) in [6.45, 7) is 3.75. The fourth-order valence-corrected chi connectivity index (χ4v) is 3.32. The molecule has 3 aromatic rings. The Morgan fingerprint density at radius 3 is 2.72 bits per heavy atom. The third kappa shape index (κ3) is 5.48. The maximum atomic E-state index is 12.0. The first-order valence-corrected chi connectivity index (χ1v) is 9.60. The summed E-state index contributed by atoms with van der Waals surface area (Å²) in [6, 6.07) is 11.7. The third-order valence-corrected chi connectivity index (χ3v) is 4.63. The molecule has 9 nitrogen and oxygen atoms in total. The van der Waals surface area contributed by atoms with Crippen molar-refractivity contribution >= 4 is 29.6 Å². The molecule has 0 spiro atoms. The van der Waals surface area contributed by atoms with E-state index in [2.05, 4.69) is 20.5 Å². The molecule has 1 N–H and O–H groups in total. The largest absolute Gasteiger partial charge is 0.315 e. The quantitative estimate of drug-likeness (QED) is 0.210. The number of carbonyl (C=O) groups is 1. The first-order chi connectivity index (χ1) is 13.9. The lowest BCUT2D eigenvalue weighted by molar-refractivity contribution is -0.384. The molecule has 0 aliphatic carbocycles. The highest BCUT2D eigenvalue weighted by Gasteiger charge is 2.09. The molecule has 3 rings (SSSR count). The predicted octanol–water partition coefficient (Wildman–Crippen LogP) is 3.03. The lowest BCUT2D eigenvalue weighted by Gasteiger charge is -2.06. The molecule has 0 bridgehead atoms. The molecule has 0 radical (unpaired) electrons. The molecule has 0 saturated heterocycles. The molecule has 1 amide bonds. The fourth-order valence-electron chi connectivity index (χ4n) is 2.58. The van der Waals surface area contributed by atoms with Gasteiger partial charge < -0.3 is 4.57 Å². The van der Waals surface area contributed by atoms with Gasteiger partial charge in [-0.3, -0.25) is 14.9 Å². The number of thioether (sulfide) groups is 1. The van der Waals surface area contributed by atoms with Crippen molar-refractivity contribution in [1.82, 2.24) is 20.0 Å². The van der Waals surface area contributed by atoms with Crippen LogP contribution in [0.3, 0.4) is 0 Å². The molecule has 0 atom stereocenters. The zero-order chi connectivity index (χ0) is 20.8. The van der Waals surface area contributed by atoms with E-state index in [9.17, 15) is 14.9 Å². The van der Waals surface area contributed by atoms with Crippen molar-refractivity contribution in [1.29, 1.82) is 0 Å². The standard InChI is InChI=1S/C19H18N6O3S/c1-13-9-14(2)22-19(21-13)29-12-18(26)23-20-11-17-7-4-8-24(17)15-5-3-6-16(10-15)25(27)28/h3-11H,12H2,1-2H3,(H,23,26)/b20-11-. The zero-order valence-corrected chi connectivity index (χ0v) is 16.6. The second-order valence-corrected chi connectivity index (χ2v) is 7.04. The first-order valence-electron chi connectivity index (χ1n) is 8.61. The number of nitrogens with one attached hydrogen (secondary N) is 1. The molecule has 2 aromatic heterocycles. The summed E-state index contributed by atoms with van der Waals surface area (Å²) in [7, 11) is 0. The number of aryl methyl sites for hydroxylation is 2. The monoisotopic (exact) mass is 410 g/mol. The lowest BCUT2D eigenvalue weighted by Crippen LogP contribution is -2.20. The average Bonchev–Trinajstić information content (AvgIpc) is 3.14. The number of non-ortho nitro benzene ring substituents is 1. The number of amides is 1. The number of nitro benzene ring substituents is 1. The number of rotatable bonds is 7. The number of carbonyl (C=O) groups excluding carboxylic acids is 1. The smallest absolute Gasteiger partial charge is 0.271 e. The van der Waals surface area contributed by atoms with Crippen molar-refractivity contribution in [2.24, 2.45) is 5.10 Å². The second kappa shape index (κ2) is 9.11. The van der Waals surface area contributed by atoms with Gasteiger partial charge in [-0.25, -0.2) is 15.4 Å². The van der Waals surface area contributed by atoms with E-state index in [4.69, 9.17) is 0 Å². The molecule has 2 heterocycles. The Hall–Kier alpha value is -3.53. The summed E-state index contributed by atoms with van der Waals surface area (Å²) in [4.78, 5) is 31.1. The van der Waals surface area contributed by atoms with Gasteiger partial charge in [0, 0.05) is 29.7 Å². The highest BCUT2D eigenvalue weighted by molar-refractivity contribution is 7.99. The number of hydrogen-bond acceptors (Lipinski definition) is 7. The van der Waals surface area contributed by atoms with Crippen molar-refractivity contribution in [3.05, 3.63) is 75.9 Å². The number of hydrogen-bond donors (Lipinski definition) is 1. The molecule has 0 fully saturated rings. The van der Waals surface area contributed by atoms with Crippen LogP contribution in [0, 0.1) is 24.0 Å². The van der Waals surface area contributed by atoms with Crippen LogP contribution in [0.2, 0.25) is 0 Å². The van der Waals surface area contributed by atoms with E-state index < -0.39 is 4.92 Å². The topological polar surface area (TPSA) is 115 Å². The summed E-state index contributed by atoms with van der Waals surface area (Å²) in [5.74, 6) is -0.158. The van der Waals surface area contributed by atoms with Gasteiger partial charge in [-0.1, -0.05) is 17.8 Å². The molecule has 0 aliphatic heterocycles. The maximum Gasteiger partial charge on any atom is 0.271 e. The number of aromatic nitrogens is 3. The van der Waals surface area contributed by atoms with Gasteiger partial charge in [0.05, 0.1) is 28.3 Å². The Kier molecular flexibility index (Phi) is 6.35. The highest BCUT2D eigenvalue weighted by atomic mass is 32.2. The molecule has 1 aromatic carbocycles. The number of nitrogens with zero attached hydrogens (tertiary/aromatic N) is 5. The summed E-state index contributed by atoms with van der Waals surface area (Å²) in [5, 5.41) is 15.5. The number of benzene rings is 1. The summed E-state index contributed by atoms with van der Waals surface area (Å²) in [6.07, 6.45) is 3.24. The Morgan fingerprint density at radius 2 is 2.00 bits per heavy atom. The SMILES string of the molecule is Cc1cc(C)nc(SCC(=O)N/N=C\c2cccn2-c2cccc([N+](=O)[O-])c2)n1. The van der Waals surface area contributed by atoms with E-state index in [1.807, 2.05) is 19.9 Å². The van der Waals surface area contributed by atoms with Crippen molar-refractivity contribution in [2.75, 3.05) is 5.75 Å². The van der Waals surface area contributed by atoms with Gasteiger partial charge in [-0.15, -0.1) is 0 Å². The summed E-state index contributed by atoms with van der Waals surface area (Å²) >= 11 is 1.23. The van der Waals surface area contributed by atoms with Crippen LogP contribution in [0.1, 0.15) is 17.1 Å². The predicted molar refractivity (Wildman–Crippen MR) is 110 cm³/mol. The van der Waals surface area contributed by atoms with Crippen LogP contribution in [0.4, 0.5) is 5.69 Å². The van der Waals surface area contributed by atoms with Crippen molar-refractivity contribution in [2.45, 2.75) is 19.0 Å². The summed E-state index contributed by atoms with van der Waals surface area (Å²) in [5.41, 5.74) is 5.44. The van der Waals surface area contributed by atoms with Gasteiger partial charge in [0.25, 0.3) is 11.6 Å². The van der Waals surface area contributed by atoms with Crippen molar-refractivity contribution in [3.63, 3.8) is 0 Å². The lowest BCUT2D eigenvalue weighted by atomic mass is 10.2. The zero-order valence-electron chi connectivity index (χ0n) is 15.8. The highest BCUT2D eigenvalue weighted by Crippen LogP contribution is 2.18. The number of hydrazone groups is 1. The molecular weight excluding hydrogens is 392 g/mol. The molecule has 0 aliphatic rings. The molecule has 148 valence electrons. The molecule has 0 saturated carbocycles. The fraction of sp³-hybridized carbons (Fsp3) is 0.158. The molecule has 10 heteroatoms.